The van der Waals surface area contributed by atoms with Gasteiger partial charge in [0, 0.05) is 24.7 Å². The zero-order valence-corrected chi connectivity index (χ0v) is 15.3. The summed E-state index contributed by atoms with van der Waals surface area (Å²) in [6.45, 7) is 8.25. The van der Waals surface area contributed by atoms with E-state index in [1.54, 1.807) is 0 Å². The maximum absolute atomic E-state index is 13.0. The summed E-state index contributed by atoms with van der Waals surface area (Å²) in [5.41, 5.74) is 3.87. The largest absolute Gasteiger partial charge is 0.360 e. The molecular formula is C20H22N4O. The zero-order chi connectivity index (χ0) is 18.4. The van der Waals surface area contributed by atoms with Crippen LogP contribution in [0.3, 0.4) is 0 Å². The van der Waals surface area contributed by atoms with Crippen LogP contribution in [0.5, 0.6) is 0 Å². The quantitative estimate of drug-likeness (QED) is 0.844. The van der Waals surface area contributed by atoms with Gasteiger partial charge in [0.25, 0.3) is 5.56 Å². The minimum atomic E-state index is -0.550. The molecule has 5 nitrogen and oxygen atoms in total. The smallest absolute Gasteiger partial charge is 0.290 e. The fourth-order valence-corrected chi connectivity index (χ4v) is 3.49. The fourth-order valence-electron chi connectivity index (χ4n) is 3.49. The van der Waals surface area contributed by atoms with Crippen molar-refractivity contribution in [1.82, 2.24) is 9.78 Å². The van der Waals surface area contributed by atoms with Gasteiger partial charge in [-0.2, -0.15) is 10.4 Å². The van der Waals surface area contributed by atoms with Crippen LogP contribution in [-0.2, 0) is 6.54 Å². The van der Waals surface area contributed by atoms with E-state index < -0.39 is 5.54 Å². The molecule has 0 bridgehead atoms. The lowest BCUT2D eigenvalue weighted by Gasteiger charge is -2.42. The lowest BCUT2D eigenvalue weighted by atomic mass is 9.81. The van der Waals surface area contributed by atoms with E-state index in [1.807, 2.05) is 70.0 Å². The van der Waals surface area contributed by atoms with Gasteiger partial charge in [-0.15, -0.1) is 0 Å². The van der Waals surface area contributed by atoms with E-state index >= 15 is 0 Å². The average Bonchev–Trinajstić information content (AvgIpc) is 2.60. The van der Waals surface area contributed by atoms with Crippen molar-refractivity contribution in [3.8, 4) is 17.3 Å². The van der Waals surface area contributed by atoms with Crippen LogP contribution in [0, 0.1) is 11.3 Å². The van der Waals surface area contributed by atoms with Gasteiger partial charge < -0.3 is 4.90 Å². The SMILES string of the molecule is CCn1nc(-c2ccccc2)c2c(c1=O)N(C)C(C)(C)C(C#N)=C2C. The predicted molar refractivity (Wildman–Crippen MR) is 100 cm³/mol. The maximum Gasteiger partial charge on any atom is 0.290 e. The van der Waals surface area contributed by atoms with E-state index in [1.165, 1.54) is 4.68 Å². The number of hydrogen-bond donors (Lipinski definition) is 0. The minimum Gasteiger partial charge on any atom is -0.360 e. The number of fused-ring (bicyclic) bond motifs is 1. The van der Waals surface area contributed by atoms with Crippen LogP contribution < -0.4 is 10.5 Å². The summed E-state index contributed by atoms with van der Waals surface area (Å²) >= 11 is 0. The van der Waals surface area contributed by atoms with E-state index in [0.29, 0.717) is 17.8 Å². The Labute approximate surface area is 147 Å². The number of nitrogens with zero attached hydrogens (tertiary/aromatic N) is 4. The Morgan fingerprint density at radius 2 is 1.88 bits per heavy atom. The number of rotatable bonds is 2. The number of hydrogen-bond acceptors (Lipinski definition) is 4. The van der Waals surface area contributed by atoms with Crippen LogP contribution in [0.2, 0.25) is 0 Å². The lowest BCUT2D eigenvalue weighted by molar-refractivity contribution is 0.556. The molecule has 0 fully saturated rings. The highest BCUT2D eigenvalue weighted by Gasteiger charge is 2.39. The van der Waals surface area contributed by atoms with Crippen molar-refractivity contribution in [3.05, 3.63) is 51.8 Å². The van der Waals surface area contributed by atoms with Gasteiger partial charge in [0.1, 0.15) is 11.4 Å². The molecule has 25 heavy (non-hydrogen) atoms. The standard InChI is InChI=1S/C20H22N4O/c1-6-24-19(25)18-16(17(22-24)14-10-8-7-9-11-14)13(2)15(12-21)20(3,4)23(18)5/h7-11H,6H2,1-5H3. The van der Waals surface area contributed by atoms with Crippen LogP contribution in [0.1, 0.15) is 33.3 Å². The number of anilines is 1. The second kappa shape index (κ2) is 5.89. The van der Waals surface area contributed by atoms with Crippen molar-refractivity contribution in [3.63, 3.8) is 0 Å². The first-order valence-corrected chi connectivity index (χ1v) is 8.40. The minimum absolute atomic E-state index is 0.121. The Morgan fingerprint density at radius 3 is 2.44 bits per heavy atom. The van der Waals surface area contributed by atoms with Crippen molar-refractivity contribution < 1.29 is 0 Å². The molecule has 0 amide bonds. The van der Waals surface area contributed by atoms with Crippen LogP contribution in [0.4, 0.5) is 5.69 Å². The third-order valence-electron chi connectivity index (χ3n) is 5.13. The molecule has 1 aromatic heterocycles. The summed E-state index contributed by atoms with van der Waals surface area (Å²) < 4.78 is 1.50. The van der Waals surface area contributed by atoms with Crippen LogP contribution in [-0.4, -0.2) is 22.4 Å². The molecule has 0 radical (unpaired) electrons. The Morgan fingerprint density at radius 1 is 1.24 bits per heavy atom. The number of allylic oxidation sites excluding steroid dienone is 1. The highest BCUT2D eigenvalue weighted by atomic mass is 16.1. The first kappa shape index (κ1) is 17.0. The first-order valence-electron chi connectivity index (χ1n) is 8.40. The molecule has 0 saturated heterocycles. The summed E-state index contributed by atoms with van der Waals surface area (Å²) in [6.07, 6.45) is 0. The summed E-state index contributed by atoms with van der Waals surface area (Å²) in [4.78, 5) is 14.9. The number of nitriles is 1. The number of aromatic nitrogens is 2. The van der Waals surface area contributed by atoms with Crippen LogP contribution in [0.15, 0.2) is 40.7 Å². The molecule has 2 heterocycles. The van der Waals surface area contributed by atoms with Crippen LogP contribution >= 0.6 is 0 Å². The molecule has 0 aliphatic carbocycles. The monoisotopic (exact) mass is 334 g/mol. The number of likely N-dealkylation sites (N-methyl/N-ethyl adjacent to an activating group) is 1. The molecule has 0 N–H and O–H groups in total. The first-order chi connectivity index (χ1) is 11.8. The summed E-state index contributed by atoms with van der Waals surface area (Å²) in [6, 6.07) is 12.1. The van der Waals surface area contributed by atoms with E-state index in [0.717, 1.165) is 22.4 Å². The number of aryl methyl sites for hydroxylation is 1. The highest BCUT2D eigenvalue weighted by molar-refractivity contribution is 5.92. The van der Waals surface area contributed by atoms with Crippen molar-refractivity contribution in [1.29, 1.82) is 5.26 Å². The van der Waals surface area contributed by atoms with Crippen molar-refractivity contribution in [2.75, 3.05) is 11.9 Å². The fraction of sp³-hybridized carbons (Fsp3) is 0.350. The van der Waals surface area contributed by atoms with E-state index in [2.05, 4.69) is 11.2 Å². The van der Waals surface area contributed by atoms with Gasteiger partial charge in [-0.05, 0) is 33.3 Å². The Kier molecular flexibility index (Phi) is 4.00. The van der Waals surface area contributed by atoms with Gasteiger partial charge in [0.2, 0.25) is 0 Å². The zero-order valence-electron chi connectivity index (χ0n) is 15.3. The molecular weight excluding hydrogens is 312 g/mol. The third-order valence-corrected chi connectivity index (χ3v) is 5.13. The third kappa shape index (κ3) is 2.37. The predicted octanol–water partition coefficient (Wildman–Crippen LogP) is 3.46. The molecule has 1 aliphatic heterocycles. The van der Waals surface area contributed by atoms with Crippen molar-refractivity contribution in [2.24, 2.45) is 0 Å². The summed E-state index contributed by atoms with van der Waals surface area (Å²) in [5, 5.41) is 14.3. The molecule has 128 valence electrons. The molecule has 0 saturated carbocycles. The van der Waals surface area contributed by atoms with Gasteiger partial charge in [0.15, 0.2) is 0 Å². The van der Waals surface area contributed by atoms with Gasteiger partial charge >= 0.3 is 0 Å². The molecule has 1 aliphatic rings. The summed E-state index contributed by atoms with van der Waals surface area (Å²) in [7, 11) is 1.87. The highest BCUT2D eigenvalue weighted by Crippen LogP contribution is 2.43. The average molecular weight is 334 g/mol. The van der Waals surface area contributed by atoms with Crippen LogP contribution in [0.25, 0.3) is 16.8 Å². The van der Waals surface area contributed by atoms with E-state index in [-0.39, 0.29) is 5.56 Å². The Hall–Kier alpha value is -2.87. The second-order valence-corrected chi connectivity index (χ2v) is 6.79. The van der Waals surface area contributed by atoms with E-state index in [4.69, 9.17) is 0 Å². The van der Waals surface area contributed by atoms with Gasteiger partial charge in [-0.1, -0.05) is 30.3 Å². The van der Waals surface area contributed by atoms with Gasteiger partial charge in [-0.3, -0.25) is 4.79 Å². The molecule has 0 spiro atoms. The van der Waals surface area contributed by atoms with Crippen molar-refractivity contribution in [2.45, 2.75) is 39.8 Å². The number of benzene rings is 1. The molecule has 1 aromatic carbocycles. The Balaban J connectivity index is 2.50. The molecule has 3 rings (SSSR count). The lowest BCUT2D eigenvalue weighted by Crippen LogP contribution is -2.49. The van der Waals surface area contributed by atoms with Gasteiger partial charge in [0.05, 0.1) is 17.2 Å². The molecule has 0 atom stereocenters. The second-order valence-electron chi connectivity index (χ2n) is 6.79. The van der Waals surface area contributed by atoms with Gasteiger partial charge in [-0.25, -0.2) is 4.68 Å². The Bertz CT molecular complexity index is 962. The van der Waals surface area contributed by atoms with E-state index in [9.17, 15) is 10.1 Å². The summed E-state index contributed by atoms with van der Waals surface area (Å²) in [5.74, 6) is 0. The molecule has 5 heteroatoms. The normalized spacial score (nSPS) is 15.8. The molecule has 2 aromatic rings. The van der Waals surface area contributed by atoms with Crippen molar-refractivity contribution >= 4 is 11.3 Å². The topological polar surface area (TPSA) is 61.9 Å². The molecule has 0 unspecified atom stereocenters. The maximum atomic E-state index is 13.0.